The fraction of sp³-hybridized carbons (Fsp3) is 0.312. The highest BCUT2D eigenvalue weighted by atomic mass is 35.5. The summed E-state index contributed by atoms with van der Waals surface area (Å²) in [5, 5.41) is 4.00. The van der Waals surface area contributed by atoms with Crippen LogP contribution in [0.5, 0.6) is 0 Å². The van der Waals surface area contributed by atoms with Crippen molar-refractivity contribution in [3.8, 4) is 0 Å². The minimum Gasteiger partial charge on any atom is -0.355 e. The van der Waals surface area contributed by atoms with Gasteiger partial charge in [0.15, 0.2) is 0 Å². The van der Waals surface area contributed by atoms with E-state index in [-0.39, 0.29) is 0 Å². The van der Waals surface area contributed by atoms with E-state index in [0.717, 1.165) is 31.0 Å². The highest BCUT2D eigenvalue weighted by molar-refractivity contribution is 6.31. The van der Waals surface area contributed by atoms with Crippen LogP contribution in [0, 0.1) is 0 Å². The lowest BCUT2D eigenvalue weighted by molar-refractivity contribution is 0.725. The SMILES string of the molecule is CCNCc1cc(N(C)Cc2ccccc2)ncc1Cl. The van der Waals surface area contributed by atoms with Crippen LogP contribution in [0.4, 0.5) is 5.82 Å². The first kappa shape index (κ1) is 14.8. The zero-order chi connectivity index (χ0) is 14.4. The molecular formula is C16H20ClN3. The van der Waals surface area contributed by atoms with E-state index in [4.69, 9.17) is 11.6 Å². The van der Waals surface area contributed by atoms with Crippen LogP contribution in [0.15, 0.2) is 42.6 Å². The van der Waals surface area contributed by atoms with Crippen LogP contribution in [0.3, 0.4) is 0 Å². The monoisotopic (exact) mass is 289 g/mol. The topological polar surface area (TPSA) is 28.2 Å². The number of benzene rings is 1. The van der Waals surface area contributed by atoms with Crippen molar-refractivity contribution in [2.75, 3.05) is 18.5 Å². The predicted octanol–water partition coefficient (Wildman–Crippen LogP) is 3.48. The molecule has 0 atom stereocenters. The van der Waals surface area contributed by atoms with Crippen molar-refractivity contribution in [2.45, 2.75) is 20.0 Å². The zero-order valence-electron chi connectivity index (χ0n) is 11.9. The lowest BCUT2D eigenvalue weighted by atomic mass is 10.2. The molecule has 0 aliphatic heterocycles. The Balaban J connectivity index is 2.11. The molecule has 0 amide bonds. The smallest absolute Gasteiger partial charge is 0.128 e. The Kier molecular flexibility index (Phi) is 5.39. The molecule has 1 aromatic heterocycles. The van der Waals surface area contributed by atoms with Gasteiger partial charge in [0.25, 0.3) is 0 Å². The number of rotatable bonds is 6. The molecule has 0 radical (unpaired) electrons. The standard InChI is InChI=1S/C16H20ClN3/c1-3-18-10-14-9-16(19-11-15(14)17)20(2)12-13-7-5-4-6-8-13/h4-9,11,18H,3,10,12H2,1-2H3. The highest BCUT2D eigenvalue weighted by Crippen LogP contribution is 2.20. The van der Waals surface area contributed by atoms with Gasteiger partial charge in [-0.15, -0.1) is 0 Å². The third kappa shape index (κ3) is 3.95. The summed E-state index contributed by atoms with van der Waals surface area (Å²) < 4.78 is 0. The number of hydrogen-bond acceptors (Lipinski definition) is 3. The number of aromatic nitrogens is 1. The molecule has 1 aromatic carbocycles. The zero-order valence-corrected chi connectivity index (χ0v) is 12.7. The largest absolute Gasteiger partial charge is 0.355 e. The van der Waals surface area contributed by atoms with Crippen LogP contribution in [0.25, 0.3) is 0 Å². The lowest BCUT2D eigenvalue weighted by Crippen LogP contribution is -2.19. The number of pyridine rings is 1. The first-order valence-corrected chi connectivity index (χ1v) is 7.18. The summed E-state index contributed by atoms with van der Waals surface area (Å²) in [6.07, 6.45) is 1.73. The normalized spacial score (nSPS) is 10.6. The highest BCUT2D eigenvalue weighted by Gasteiger charge is 2.07. The molecule has 1 N–H and O–H groups in total. The molecular weight excluding hydrogens is 270 g/mol. The lowest BCUT2D eigenvalue weighted by Gasteiger charge is -2.19. The predicted molar refractivity (Wildman–Crippen MR) is 85.2 cm³/mol. The van der Waals surface area contributed by atoms with Gasteiger partial charge < -0.3 is 10.2 Å². The van der Waals surface area contributed by atoms with Crippen LogP contribution < -0.4 is 10.2 Å². The van der Waals surface area contributed by atoms with Crippen molar-refractivity contribution in [2.24, 2.45) is 0 Å². The molecule has 0 fully saturated rings. The summed E-state index contributed by atoms with van der Waals surface area (Å²) in [7, 11) is 2.04. The quantitative estimate of drug-likeness (QED) is 0.882. The van der Waals surface area contributed by atoms with Crippen molar-refractivity contribution < 1.29 is 0 Å². The summed E-state index contributed by atoms with van der Waals surface area (Å²) in [5.74, 6) is 0.936. The van der Waals surface area contributed by atoms with Crippen molar-refractivity contribution >= 4 is 17.4 Å². The summed E-state index contributed by atoms with van der Waals surface area (Å²) in [6.45, 7) is 4.60. The number of nitrogens with zero attached hydrogens (tertiary/aromatic N) is 2. The Labute approximate surface area is 125 Å². The summed E-state index contributed by atoms with van der Waals surface area (Å²) in [6, 6.07) is 12.4. The van der Waals surface area contributed by atoms with Crippen LogP contribution in [0.1, 0.15) is 18.1 Å². The van der Waals surface area contributed by atoms with E-state index in [2.05, 4.69) is 46.4 Å². The van der Waals surface area contributed by atoms with Gasteiger partial charge in [-0.3, -0.25) is 0 Å². The van der Waals surface area contributed by atoms with Crippen LogP contribution in [0.2, 0.25) is 5.02 Å². The molecule has 0 spiro atoms. The third-order valence-corrected chi connectivity index (χ3v) is 3.48. The Morgan fingerprint density at radius 2 is 2.00 bits per heavy atom. The molecule has 0 aliphatic carbocycles. The second-order valence-electron chi connectivity index (χ2n) is 4.76. The third-order valence-electron chi connectivity index (χ3n) is 3.14. The van der Waals surface area contributed by atoms with Gasteiger partial charge in [-0.1, -0.05) is 48.9 Å². The fourth-order valence-electron chi connectivity index (χ4n) is 2.01. The van der Waals surface area contributed by atoms with Gasteiger partial charge in [0.1, 0.15) is 5.82 Å². The summed E-state index contributed by atoms with van der Waals surface area (Å²) in [4.78, 5) is 6.54. The fourth-order valence-corrected chi connectivity index (χ4v) is 2.18. The van der Waals surface area contributed by atoms with E-state index in [1.165, 1.54) is 5.56 Å². The van der Waals surface area contributed by atoms with E-state index >= 15 is 0 Å². The van der Waals surface area contributed by atoms with Crippen molar-refractivity contribution in [1.82, 2.24) is 10.3 Å². The molecule has 4 heteroatoms. The Hall–Kier alpha value is -1.58. The first-order chi connectivity index (χ1) is 9.70. The number of anilines is 1. The van der Waals surface area contributed by atoms with Gasteiger partial charge in [0, 0.05) is 26.3 Å². The molecule has 2 rings (SSSR count). The molecule has 106 valence electrons. The Morgan fingerprint density at radius 1 is 1.25 bits per heavy atom. The molecule has 1 heterocycles. The summed E-state index contributed by atoms with van der Waals surface area (Å²) >= 11 is 6.18. The van der Waals surface area contributed by atoms with E-state index in [9.17, 15) is 0 Å². The Bertz CT molecular complexity index is 543. The van der Waals surface area contributed by atoms with Crippen LogP contribution >= 0.6 is 11.6 Å². The molecule has 0 saturated heterocycles. The second-order valence-corrected chi connectivity index (χ2v) is 5.16. The molecule has 0 aliphatic rings. The van der Waals surface area contributed by atoms with E-state index in [1.807, 2.05) is 19.2 Å². The minimum atomic E-state index is 0.711. The number of halogens is 1. The van der Waals surface area contributed by atoms with Gasteiger partial charge in [-0.2, -0.15) is 0 Å². The van der Waals surface area contributed by atoms with Gasteiger partial charge in [0.2, 0.25) is 0 Å². The van der Waals surface area contributed by atoms with Gasteiger partial charge >= 0.3 is 0 Å². The Morgan fingerprint density at radius 3 is 2.70 bits per heavy atom. The second kappa shape index (κ2) is 7.27. The molecule has 20 heavy (non-hydrogen) atoms. The van der Waals surface area contributed by atoms with Crippen LogP contribution in [-0.2, 0) is 13.1 Å². The maximum absolute atomic E-state index is 6.18. The maximum Gasteiger partial charge on any atom is 0.128 e. The van der Waals surface area contributed by atoms with Gasteiger partial charge in [-0.25, -0.2) is 4.98 Å². The average molecular weight is 290 g/mol. The van der Waals surface area contributed by atoms with Crippen molar-refractivity contribution in [3.63, 3.8) is 0 Å². The molecule has 3 nitrogen and oxygen atoms in total. The van der Waals surface area contributed by atoms with Gasteiger partial charge in [0.05, 0.1) is 5.02 Å². The maximum atomic E-state index is 6.18. The average Bonchev–Trinajstić information content (AvgIpc) is 2.47. The first-order valence-electron chi connectivity index (χ1n) is 6.81. The van der Waals surface area contributed by atoms with Crippen molar-refractivity contribution in [3.05, 3.63) is 58.7 Å². The minimum absolute atomic E-state index is 0.711. The number of nitrogens with one attached hydrogen (secondary N) is 1. The molecule has 0 saturated carbocycles. The molecule has 2 aromatic rings. The molecule has 0 unspecified atom stereocenters. The molecule has 0 bridgehead atoms. The van der Waals surface area contributed by atoms with Gasteiger partial charge in [-0.05, 0) is 23.7 Å². The summed E-state index contributed by atoms with van der Waals surface area (Å²) in [5.41, 5.74) is 2.35. The van der Waals surface area contributed by atoms with Crippen molar-refractivity contribution in [1.29, 1.82) is 0 Å². The van der Waals surface area contributed by atoms with E-state index in [0.29, 0.717) is 5.02 Å². The van der Waals surface area contributed by atoms with E-state index in [1.54, 1.807) is 6.20 Å². The van der Waals surface area contributed by atoms with Crippen LogP contribution in [-0.4, -0.2) is 18.6 Å². The number of hydrogen-bond donors (Lipinski definition) is 1. The van der Waals surface area contributed by atoms with E-state index < -0.39 is 0 Å².